The molecule has 0 aliphatic rings. The molecule has 148 valence electrons. The first kappa shape index (κ1) is 20.3. The number of nitrogens with zero attached hydrogens (tertiary/aromatic N) is 1. The Bertz CT molecular complexity index is 1110. The van der Waals surface area contributed by atoms with Crippen LogP contribution in [0, 0.1) is 5.82 Å². The van der Waals surface area contributed by atoms with Crippen LogP contribution in [0.25, 0.3) is 11.1 Å². The van der Waals surface area contributed by atoms with Gasteiger partial charge < -0.3 is 9.30 Å². The van der Waals surface area contributed by atoms with Gasteiger partial charge in [-0.1, -0.05) is 25.6 Å². The number of carbonyl (C=O) groups is 1. The maximum absolute atomic E-state index is 13.2. The summed E-state index contributed by atoms with van der Waals surface area (Å²) in [6.07, 6.45) is 3.76. The monoisotopic (exact) mass is 391 g/mol. The topological polar surface area (TPSA) is 48.3 Å². The van der Waals surface area contributed by atoms with E-state index in [0.29, 0.717) is 23.5 Å². The van der Waals surface area contributed by atoms with Crippen molar-refractivity contribution in [3.05, 3.63) is 94.7 Å². The van der Waals surface area contributed by atoms with Gasteiger partial charge in [-0.3, -0.25) is 9.59 Å². The largest absolute Gasteiger partial charge is 0.457 e. The molecule has 0 amide bonds. The number of hydrogen-bond acceptors (Lipinski definition) is 3. The van der Waals surface area contributed by atoms with Gasteiger partial charge in [0.25, 0.3) is 5.56 Å². The van der Waals surface area contributed by atoms with Crippen LogP contribution in [-0.2, 0) is 24.7 Å². The molecule has 1 heterocycles. The highest BCUT2D eigenvalue weighted by molar-refractivity contribution is 5.93. The number of pyridine rings is 1. The molecule has 0 aliphatic heterocycles. The molecule has 4 nitrogen and oxygen atoms in total. The molecule has 0 N–H and O–H groups in total. The van der Waals surface area contributed by atoms with Crippen LogP contribution in [0.4, 0.5) is 4.39 Å². The maximum atomic E-state index is 13.2. The maximum Gasteiger partial charge on any atom is 0.253 e. The van der Waals surface area contributed by atoms with Crippen LogP contribution in [-0.4, -0.2) is 10.4 Å². The van der Waals surface area contributed by atoms with E-state index in [-0.39, 0.29) is 23.6 Å². The Labute approximate surface area is 168 Å². The summed E-state index contributed by atoms with van der Waals surface area (Å²) in [5, 5.41) is 0. The fourth-order valence-electron chi connectivity index (χ4n) is 3.20. The molecule has 2 aromatic carbocycles. The number of ketones is 1. The zero-order valence-corrected chi connectivity index (χ0v) is 16.4. The van der Waals surface area contributed by atoms with Gasteiger partial charge in [0.15, 0.2) is 5.78 Å². The number of hydrogen-bond donors (Lipinski definition) is 0. The standard InChI is InChI=1S/C24H22FNO3/c1-4-16-13-18(15-26(3)24(16)28)23-17(14-20(27)5-2)7-6-8-22(23)29-21-11-9-19(25)10-12-21/h5-13,15H,2,4,14H2,1,3H3. The highest BCUT2D eigenvalue weighted by Gasteiger charge is 2.17. The van der Waals surface area contributed by atoms with Crippen LogP contribution in [0.3, 0.4) is 0 Å². The first-order chi connectivity index (χ1) is 13.9. The summed E-state index contributed by atoms with van der Waals surface area (Å²) in [5.74, 6) is 0.520. The third kappa shape index (κ3) is 4.51. The van der Waals surface area contributed by atoms with Crippen LogP contribution in [0.1, 0.15) is 18.1 Å². The van der Waals surface area contributed by atoms with Gasteiger partial charge in [0.05, 0.1) is 0 Å². The number of benzene rings is 2. The van der Waals surface area contributed by atoms with Crippen LogP contribution >= 0.6 is 0 Å². The fraction of sp³-hybridized carbons (Fsp3) is 0.167. The minimum atomic E-state index is -0.353. The highest BCUT2D eigenvalue weighted by Crippen LogP contribution is 2.36. The minimum Gasteiger partial charge on any atom is -0.457 e. The van der Waals surface area contributed by atoms with E-state index in [1.807, 2.05) is 19.1 Å². The molecule has 0 unspecified atom stereocenters. The molecule has 3 aromatic rings. The van der Waals surface area contributed by atoms with Crippen LogP contribution in [0.5, 0.6) is 11.5 Å². The van der Waals surface area contributed by atoms with E-state index in [0.717, 1.165) is 16.7 Å². The van der Waals surface area contributed by atoms with Gasteiger partial charge in [-0.15, -0.1) is 0 Å². The quantitative estimate of drug-likeness (QED) is 0.541. The third-order valence-electron chi connectivity index (χ3n) is 4.67. The number of ether oxygens (including phenoxy) is 1. The van der Waals surface area contributed by atoms with E-state index in [4.69, 9.17) is 4.74 Å². The Balaban J connectivity index is 2.19. The van der Waals surface area contributed by atoms with Gasteiger partial charge in [0, 0.05) is 36.4 Å². The van der Waals surface area contributed by atoms with Crippen LogP contribution in [0.15, 0.2) is 72.2 Å². The molecule has 0 saturated heterocycles. The Morgan fingerprint density at radius 2 is 1.90 bits per heavy atom. The van der Waals surface area contributed by atoms with Crippen molar-refractivity contribution in [1.82, 2.24) is 4.57 Å². The van der Waals surface area contributed by atoms with Gasteiger partial charge in [0.2, 0.25) is 0 Å². The molecule has 0 atom stereocenters. The van der Waals surface area contributed by atoms with Crippen LogP contribution < -0.4 is 10.3 Å². The lowest BCUT2D eigenvalue weighted by molar-refractivity contribution is -0.114. The lowest BCUT2D eigenvalue weighted by Gasteiger charge is -2.17. The Kier molecular flexibility index (Phi) is 6.07. The lowest BCUT2D eigenvalue weighted by atomic mass is 9.95. The highest BCUT2D eigenvalue weighted by atomic mass is 19.1. The molecule has 0 fully saturated rings. The van der Waals surface area contributed by atoms with Crippen molar-refractivity contribution in [2.24, 2.45) is 7.05 Å². The summed E-state index contributed by atoms with van der Waals surface area (Å²) in [6, 6.07) is 13.0. The van der Waals surface area contributed by atoms with Crippen molar-refractivity contribution in [3.63, 3.8) is 0 Å². The van der Waals surface area contributed by atoms with Crippen molar-refractivity contribution in [2.75, 3.05) is 0 Å². The zero-order valence-electron chi connectivity index (χ0n) is 16.4. The predicted molar refractivity (Wildman–Crippen MR) is 112 cm³/mol. The summed E-state index contributed by atoms with van der Waals surface area (Å²) < 4.78 is 20.8. The van der Waals surface area contributed by atoms with Gasteiger partial charge in [-0.2, -0.15) is 0 Å². The molecule has 3 rings (SSSR count). The number of allylic oxidation sites excluding steroid dienone is 1. The Morgan fingerprint density at radius 1 is 1.17 bits per heavy atom. The van der Waals surface area contributed by atoms with Crippen molar-refractivity contribution in [2.45, 2.75) is 19.8 Å². The van der Waals surface area contributed by atoms with Crippen molar-refractivity contribution in [1.29, 1.82) is 0 Å². The first-order valence-corrected chi connectivity index (χ1v) is 9.33. The summed E-state index contributed by atoms with van der Waals surface area (Å²) >= 11 is 0. The average molecular weight is 391 g/mol. The zero-order chi connectivity index (χ0) is 21.0. The molecular weight excluding hydrogens is 369 g/mol. The van der Waals surface area contributed by atoms with Gasteiger partial charge in [-0.05, 0) is 54.5 Å². The minimum absolute atomic E-state index is 0.0584. The molecule has 0 radical (unpaired) electrons. The van der Waals surface area contributed by atoms with E-state index >= 15 is 0 Å². The number of rotatable bonds is 7. The normalized spacial score (nSPS) is 10.6. The van der Waals surface area contributed by atoms with Gasteiger partial charge in [0.1, 0.15) is 17.3 Å². The molecule has 1 aromatic heterocycles. The summed E-state index contributed by atoms with van der Waals surface area (Å²) in [5.41, 5.74) is 2.86. The number of carbonyl (C=O) groups excluding carboxylic acids is 1. The average Bonchev–Trinajstić information content (AvgIpc) is 2.72. The van der Waals surface area contributed by atoms with E-state index in [9.17, 15) is 14.0 Å². The van der Waals surface area contributed by atoms with Crippen molar-refractivity contribution < 1.29 is 13.9 Å². The lowest BCUT2D eigenvalue weighted by Crippen LogP contribution is -2.20. The molecule has 0 bridgehead atoms. The predicted octanol–water partition coefficient (Wildman–Crippen LogP) is 4.84. The van der Waals surface area contributed by atoms with E-state index in [1.165, 1.54) is 22.8 Å². The molecular formula is C24H22FNO3. The molecule has 0 spiro atoms. The van der Waals surface area contributed by atoms with Crippen molar-refractivity contribution in [3.8, 4) is 22.6 Å². The summed E-state index contributed by atoms with van der Waals surface area (Å²) in [4.78, 5) is 24.4. The van der Waals surface area contributed by atoms with E-state index in [2.05, 4.69) is 6.58 Å². The molecule has 0 aliphatic carbocycles. The second-order valence-corrected chi connectivity index (χ2v) is 6.72. The number of aromatic nitrogens is 1. The van der Waals surface area contributed by atoms with E-state index in [1.54, 1.807) is 37.5 Å². The fourth-order valence-corrected chi connectivity index (χ4v) is 3.20. The summed E-state index contributed by atoms with van der Waals surface area (Å²) in [7, 11) is 1.70. The number of halogens is 1. The molecule has 29 heavy (non-hydrogen) atoms. The molecule has 5 heteroatoms. The van der Waals surface area contributed by atoms with E-state index < -0.39 is 0 Å². The Hall–Kier alpha value is -3.47. The van der Waals surface area contributed by atoms with Crippen LogP contribution in [0.2, 0.25) is 0 Å². The smallest absolute Gasteiger partial charge is 0.253 e. The second kappa shape index (κ2) is 8.69. The van der Waals surface area contributed by atoms with Crippen molar-refractivity contribution >= 4 is 5.78 Å². The first-order valence-electron chi connectivity index (χ1n) is 9.33. The van der Waals surface area contributed by atoms with Gasteiger partial charge in [-0.25, -0.2) is 4.39 Å². The Morgan fingerprint density at radius 3 is 2.55 bits per heavy atom. The molecule has 0 saturated carbocycles. The SMILES string of the molecule is C=CC(=O)Cc1cccc(Oc2ccc(F)cc2)c1-c1cc(CC)c(=O)n(C)c1. The second-order valence-electron chi connectivity index (χ2n) is 6.72. The van der Waals surface area contributed by atoms with Gasteiger partial charge >= 0.3 is 0 Å². The number of aryl methyl sites for hydroxylation is 2. The summed E-state index contributed by atoms with van der Waals surface area (Å²) in [6.45, 7) is 5.47. The third-order valence-corrected chi connectivity index (χ3v) is 4.67.